The molecule has 0 amide bonds. The summed E-state index contributed by atoms with van der Waals surface area (Å²) in [4.78, 5) is 8.05. The molecule has 3 nitrogen and oxygen atoms in total. The van der Waals surface area contributed by atoms with Gasteiger partial charge in [-0.3, -0.25) is 0 Å². The minimum Gasteiger partial charge on any atom is -0.227 e. The maximum absolute atomic E-state index is 8.78. The van der Waals surface area contributed by atoms with Gasteiger partial charge in [-0.1, -0.05) is 45.0 Å². The minimum absolute atomic E-state index is 0.141. The van der Waals surface area contributed by atoms with E-state index in [1.807, 2.05) is 24.3 Å². The highest BCUT2D eigenvalue weighted by Crippen LogP contribution is 2.25. The van der Waals surface area contributed by atoms with Crippen molar-refractivity contribution in [2.75, 3.05) is 0 Å². The Kier molecular flexibility index (Phi) is 3.12. The first-order chi connectivity index (χ1) is 8.50. The van der Waals surface area contributed by atoms with E-state index in [1.54, 1.807) is 6.20 Å². The van der Waals surface area contributed by atoms with Crippen LogP contribution in [0.1, 0.15) is 32.2 Å². The molecule has 0 aliphatic carbocycles. The topological polar surface area (TPSA) is 49.6 Å². The lowest BCUT2D eigenvalue weighted by atomic mass is 9.86. The Hall–Kier alpha value is -2.21. The fourth-order valence-corrected chi connectivity index (χ4v) is 1.71. The van der Waals surface area contributed by atoms with Crippen LogP contribution in [0.25, 0.3) is 11.3 Å². The fraction of sp³-hybridized carbons (Fsp3) is 0.267. The predicted octanol–water partition coefficient (Wildman–Crippen LogP) is 3.31. The summed E-state index contributed by atoms with van der Waals surface area (Å²) in [5.41, 5.74) is 3.20. The number of hydrogen-bond donors (Lipinski definition) is 0. The Morgan fingerprint density at radius 2 is 1.72 bits per heavy atom. The zero-order chi connectivity index (χ0) is 13.2. The zero-order valence-corrected chi connectivity index (χ0v) is 10.8. The van der Waals surface area contributed by atoms with Crippen LogP contribution in [-0.2, 0) is 5.41 Å². The summed E-state index contributed by atoms with van der Waals surface area (Å²) in [6.07, 6.45) is 1.61. The molecule has 0 fully saturated rings. The van der Waals surface area contributed by atoms with E-state index in [9.17, 15) is 0 Å². The molecule has 90 valence electrons. The van der Waals surface area contributed by atoms with E-state index in [0.29, 0.717) is 0 Å². The van der Waals surface area contributed by atoms with Crippen LogP contribution in [0.3, 0.4) is 0 Å². The van der Waals surface area contributed by atoms with Crippen LogP contribution in [0, 0.1) is 11.3 Å². The van der Waals surface area contributed by atoms with Gasteiger partial charge >= 0.3 is 0 Å². The van der Waals surface area contributed by atoms with Crippen LogP contribution in [0.15, 0.2) is 36.5 Å². The third-order valence-electron chi connectivity index (χ3n) is 2.80. The molecule has 0 unspecified atom stereocenters. The standard InChI is InChI=1S/C15H15N3/c1-15(2,3)12-6-4-11(5-7-12)13-8-9-17-14(10-16)18-13/h4-9H,1-3H3. The maximum atomic E-state index is 8.78. The van der Waals surface area contributed by atoms with Gasteiger partial charge in [-0.2, -0.15) is 5.26 Å². The van der Waals surface area contributed by atoms with E-state index in [2.05, 4.69) is 42.9 Å². The third-order valence-corrected chi connectivity index (χ3v) is 2.80. The van der Waals surface area contributed by atoms with Crippen molar-refractivity contribution in [2.24, 2.45) is 0 Å². The molecule has 1 heterocycles. The van der Waals surface area contributed by atoms with Crippen LogP contribution < -0.4 is 0 Å². The quantitative estimate of drug-likeness (QED) is 0.764. The van der Waals surface area contributed by atoms with Crippen molar-refractivity contribution in [1.82, 2.24) is 9.97 Å². The average Bonchev–Trinajstić information content (AvgIpc) is 2.38. The Labute approximate surface area is 107 Å². The van der Waals surface area contributed by atoms with Crippen LogP contribution in [-0.4, -0.2) is 9.97 Å². The van der Waals surface area contributed by atoms with Crippen molar-refractivity contribution in [2.45, 2.75) is 26.2 Å². The van der Waals surface area contributed by atoms with E-state index in [4.69, 9.17) is 5.26 Å². The second kappa shape index (κ2) is 4.58. The van der Waals surface area contributed by atoms with Gasteiger partial charge in [-0.15, -0.1) is 0 Å². The highest BCUT2D eigenvalue weighted by molar-refractivity contribution is 5.59. The number of rotatable bonds is 1. The number of hydrogen-bond acceptors (Lipinski definition) is 3. The Morgan fingerprint density at radius 1 is 1.06 bits per heavy atom. The first kappa shape index (κ1) is 12.3. The summed E-state index contributed by atoms with van der Waals surface area (Å²) in [6.45, 7) is 6.54. The molecule has 18 heavy (non-hydrogen) atoms. The fourth-order valence-electron chi connectivity index (χ4n) is 1.71. The summed E-state index contributed by atoms with van der Waals surface area (Å²) in [5, 5.41) is 8.78. The van der Waals surface area contributed by atoms with E-state index in [1.165, 1.54) is 5.56 Å². The van der Waals surface area contributed by atoms with Gasteiger partial charge < -0.3 is 0 Å². The smallest absolute Gasteiger partial charge is 0.227 e. The molecule has 0 atom stereocenters. The first-order valence-electron chi connectivity index (χ1n) is 5.85. The second-order valence-electron chi connectivity index (χ2n) is 5.20. The largest absolute Gasteiger partial charge is 0.232 e. The van der Waals surface area contributed by atoms with Gasteiger partial charge in [0.15, 0.2) is 0 Å². The molecule has 1 aromatic heterocycles. The van der Waals surface area contributed by atoms with E-state index in [-0.39, 0.29) is 11.2 Å². The van der Waals surface area contributed by atoms with Crippen LogP contribution in [0.4, 0.5) is 0 Å². The van der Waals surface area contributed by atoms with E-state index in [0.717, 1.165) is 11.3 Å². The molecular formula is C15H15N3. The van der Waals surface area contributed by atoms with Crippen LogP contribution in [0.2, 0.25) is 0 Å². The molecule has 3 heteroatoms. The van der Waals surface area contributed by atoms with Crippen molar-refractivity contribution in [3.63, 3.8) is 0 Å². The summed E-state index contributed by atoms with van der Waals surface area (Å²) in [6, 6.07) is 12.0. The lowest BCUT2D eigenvalue weighted by Crippen LogP contribution is -2.10. The minimum atomic E-state index is 0.141. The molecule has 0 aliphatic rings. The van der Waals surface area contributed by atoms with Crippen molar-refractivity contribution in [3.05, 3.63) is 47.9 Å². The molecule has 0 aliphatic heterocycles. The summed E-state index contributed by atoms with van der Waals surface area (Å²) >= 11 is 0. The van der Waals surface area contributed by atoms with E-state index < -0.39 is 0 Å². The normalized spacial score (nSPS) is 11.0. The highest BCUT2D eigenvalue weighted by Gasteiger charge is 2.13. The van der Waals surface area contributed by atoms with E-state index >= 15 is 0 Å². The Morgan fingerprint density at radius 3 is 2.28 bits per heavy atom. The van der Waals surface area contributed by atoms with Crippen molar-refractivity contribution in [3.8, 4) is 17.3 Å². The molecule has 0 N–H and O–H groups in total. The zero-order valence-electron chi connectivity index (χ0n) is 10.8. The van der Waals surface area contributed by atoms with Gasteiger partial charge in [0.2, 0.25) is 5.82 Å². The first-order valence-corrected chi connectivity index (χ1v) is 5.85. The van der Waals surface area contributed by atoms with Gasteiger partial charge in [0.25, 0.3) is 0 Å². The Bertz CT molecular complexity index is 586. The molecule has 0 spiro atoms. The van der Waals surface area contributed by atoms with Crippen LogP contribution in [0.5, 0.6) is 0 Å². The molecule has 1 aromatic carbocycles. The van der Waals surface area contributed by atoms with Gasteiger partial charge in [0.1, 0.15) is 6.07 Å². The third kappa shape index (κ3) is 2.54. The molecule has 0 saturated carbocycles. The van der Waals surface area contributed by atoms with Crippen molar-refractivity contribution < 1.29 is 0 Å². The lowest BCUT2D eigenvalue weighted by Gasteiger charge is -2.19. The van der Waals surface area contributed by atoms with Gasteiger partial charge in [-0.25, -0.2) is 9.97 Å². The summed E-state index contributed by atoms with van der Waals surface area (Å²) in [5.74, 6) is 0.201. The summed E-state index contributed by atoms with van der Waals surface area (Å²) in [7, 11) is 0. The van der Waals surface area contributed by atoms with Crippen molar-refractivity contribution >= 4 is 0 Å². The number of nitriles is 1. The predicted molar refractivity (Wildman–Crippen MR) is 70.9 cm³/mol. The number of nitrogens with zero attached hydrogens (tertiary/aromatic N) is 3. The lowest BCUT2D eigenvalue weighted by molar-refractivity contribution is 0.590. The number of benzene rings is 1. The SMILES string of the molecule is CC(C)(C)c1ccc(-c2ccnc(C#N)n2)cc1. The summed E-state index contributed by atoms with van der Waals surface area (Å²) < 4.78 is 0. The molecule has 2 aromatic rings. The average molecular weight is 237 g/mol. The Balaban J connectivity index is 2.38. The molecular weight excluding hydrogens is 222 g/mol. The molecule has 0 bridgehead atoms. The van der Waals surface area contributed by atoms with Gasteiger partial charge in [0.05, 0.1) is 5.69 Å². The molecule has 2 rings (SSSR count). The number of aromatic nitrogens is 2. The molecule has 0 saturated heterocycles. The highest BCUT2D eigenvalue weighted by atomic mass is 14.9. The maximum Gasteiger partial charge on any atom is 0.232 e. The second-order valence-corrected chi connectivity index (χ2v) is 5.20. The monoisotopic (exact) mass is 237 g/mol. The van der Waals surface area contributed by atoms with Gasteiger partial charge in [0, 0.05) is 11.8 Å². The van der Waals surface area contributed by atoms with Crippen molar-refractivity contribution in [1.29, 1.82) is 5.26 Å². The molecule has 0 radical (unpaired) electrons. The van der Waals surface area contributed by atoms with Crippen LogP contribution >= 0.6 is 0 Å². The van der Waals surface area contributed by atoms with Gasteiger partial charge in [-0.05, 0) is 17.0 Å².